The maximum Gasteiger partial charge on any atom is 0.213 e. The van der Waals surface area contributed by atoms with Gasteiger partial charge in [0.25, 0.3) is 0 Å². The third-order valence-electron chi connectivity index (χ3n) is 5.65. The predicted octanol–water partition coefficient (Wildman–Crippen LogP) is 3.78. The molecule has 10 heteroatoms. The van der Waals surface area contributed by atoms with Crippen molar-refractivity contribution >= 4 is 31.7 Å². The third-order valence-corrected chi connectivity index (χ3v) is 8.94. The van der Waals surface area contributed by atoms with Crippen molar-refractivity contribution in [3.8, 4) is 0 Å². The highest BCUT2D eigenvalue weighted by atomic mass is 32.2. The van der Waals surface area contributed by atoms with Gasteiger partial charge in [0.2, 0.25) is 5.78 Å². The summed E-state index contributed by atoms with van der Waals surface area (Å²) in [5.41, 5.74) is -0.254. The Balaban J connectivity index is 1.88. The van der Waals surface area contributed by atoms with E-state index in [1.807, 2.05) is 0 Å². The Hall–Kier alpha value is -4.02. The van der Waals surface area contributed by atoms with Crippen molar-refractivity contribution in [3.63, 3.8) is 0 Å². The van der Waals surface area contributed by atoms with E-state index in [1.54, 1.807) is 67.6 Å². The van der Waals surface area contributed by atoms with E-state index in [9.17, 15) is 26.4 Å². The van der Waals surface area contributed by atoms with E-state index in [2.05, 4.69) is 9.97 Å². The molecule has 0 radical (unpaired) electrons. The van der Waals surface area contributed by atoms with Crippen molar-refractivity contribution in [1.29, 1.82) is 0 Å². The molecule has 0 bridgehead atoms. The minimum Gasteiger partial charge on any atom is -0.296 e. The van der Waals surface area contributed by atoms with E-state index >= 15 is 0 Å². The summed E-state index contributed by atoms with van der Waals surface area (Å²) in [7, 11) is -7.96. The lowest BCUT2D eigenvalue weighted by Gasteiger charge is -2.14. The highest BCUT2D eigenvalue weighted by Crippen LogP contribution is 2.23. The SMILES string of the molecule is Cc1ccccc1C(=O)c1nc(CS(=O)(=O)c2ccccc2)c(CS(=O)(=O)c2ccccc2)nc1C=O. The Kier molecular flexibility index (Phi) is 7.42. The number of hydrogen-bond donors (Lipinski definition) is 0. The van der Waals surface area contributed by atoms with Crippen molar-refractivity contribution in [1.82, 2.24) is 9.97 Å². The fourth-order valence-corrected chi connectivity index (χ4v) is 6.40. The van der Waals surface area contributed by atoms with Crippen LogP contribution in [0.25, 0.3) is 0 Å². The van der Waals surface area contributed by atoms with Gasteiger partial charge in [0.1, 0.15) is 11.4 Å². The maximum absolute atomic E-state index is 13.3. The summed E-state index contributed by atoms with van der Waals surface area (Å²) in [5.74, 6) is -2.04. The van der Waals surface area contributed by atoms with Gasteiger partial charge >= 0.3 is 0 Å². The summed E-state index contributed by atoms with van der Waals surface area (Å²) in [4.78, 5) is 33.7. The quantitative estimate of drug-likeness (QED) is 0.234. The standard InChI is InChI=1S/C27H22N2O6S2/c1-19-10-8-9-15-22(19)27(31)26-23(16-30)28-24(17-36(32,33)20-11-4-2-5-12-20)25(29-26)18-37(34,35)21-13-6-3-7-14-21/h2-16H,17-18H2,1H3. The zero-order valence-electron chi connectivity index (χ0n) is 19.7. The van der Waals surface area contributed by atoms with E-state index in [0.29, 0.717) is 11.8 Å². The number of aldehydes is 1. The molecule has 1 aromatic heterocycles. The van der Waals surface area contributed by atoms with Crippen molar-refractivity contribution < 1.29 is 26.4 Å². The summed E-state index contributed by atoms with van der Waals surface area (Å²) in [6.07, 6.45) is 0.312. The van der Waals surface area contributed by atoms with Crippen LogP contribution < -0.4 is 0 Å². The number of aryl methyl sites for hydroxylation is 1. The number of aromatic nitrogens is 2. The first-order valence-corrected chi connectivity index (χ1v) is 14.4. The number of sulfone groups is 2. The van der Waals surface area contributed by atoms with Crippen molar-refractivity contribution in [3.05, 3.63) is 119 Å². The van der Waals surface area contributed by atoms with Crippen LogP contribution in [0.5, 0.6) is 0 Å². The van der Waals surface area contributed by atoms with E-state index in [1.165, 1.54) is 24.3 Å². The van der Waals surface area contributed by atoms with Gasteiger partial charge in [-0.15, -0.1) is 0 Å². The molecule has 1 heterocycles. The lowest BCUT2D eigenvalue weighted by molar-refractivity contribution is 0.102. The maximum atomic E-state index is 13.3. The molecule has 0 atom stereocenters. The van der Waals surface area contributed by atoms with Crippen LogP contribution in [-0.2, 0) is 31.2 Å². The molecule has 0 aliphatic rings. The number of hydrogen-bond acceptors (Lipinski definition) is 8. The van der Waals surface area contributed by atoms with Gasteiger partial charge in [0, 0.05) is 5.56 Å². The first-order valence-electron chi connectivity index (χ1n) is 11.1. The number of benzene rings is 3. The number of carbonyl (C=O) groups is 2. The van der Waals surface area contributed by atoms with Crippen LogP contribution in [0.4, 0.5) is 0 Å². The average Bonchev–Trinajstić information content (AvgIpc) is 2.90. The Morgan fingerprint density at radius 2 is 1.16 bits per heavy atom. The second-order valence-electron chi connectivity index (χ2n) is 8.26. The highest BCUT2D eigenvalue weighted by molar-refractivity contribution is 7.91. The normalized spacial score (nSPS) is 11.7. The van der Waals surface area contributed by atoms with Crippen LogP contribution in [0.15, 0.2) is 94.7 Å². The van der Waals surface area contributed by atoms with Gasteiger partial charge in [-0.25, -0.2) is 26.8 Å². The van der Waals surface area contributed by atoms with Crippen LogP contribution in [0.3, 0.4) is 0 Å². The Labute approximate surface area is 214 Å². The van der Waals surface area contributed by atoms with Crippen LogP contribution in [0.1, 0.15) is 43.5 Å². The largest absolute Gasteiger partial charge is 0.296 e. The van der Waals surface area contributed by atoms with E-state index < -0.39 is 37.0 Å². The zero-order chi connectivity index (χ0) is 26.6. The minimum atomic E-state index is -3.99. The Morgan fingerprint density at radius 1 is 0.703 bits per heavy atom. The molecule has 0 saturated heterocycles. The minimum absolute atomic E-state index is 0.0000826. The molecule has 0 aliphatic heterocycles. The molecule has 37 heavy (non-hydrogen) atoms. The monoisotopic (exact) mass is 534 g/mol. The van der Waals surface area contributed by atoms with Gasteiger partial charge in [-0.2, -0.15) is 0 Å². The zero-order valence-corrected chi connectivity index (χ0v) is 21.4. The van der Waals surface area contributed by atoms with E-state index in [-0.39, 0.29) is 38.1 Å². The molecular formula is C27H22N2O6S2. The topological polar surface area (TPSA) is 128 Å². The molecule has 0 saturated carbocycles. The van der Waals surface area contributed by atoms with Gasteiger partial charge in [0.05, 0.1) is 32.7 Å². The highest BCUT2D eigenvalue weighted by Gasteiger charge is 2.28. The second-order valence-corrected chi connectivity index (χ2v) is 12.2. The first kappa shape index (κ1) is 26.1. The molecule has 3 aromatic carbocycles. The fourth-order valence-electron chi connectivity index (χ4n) is 3.74. The molecule has 4 rings (SSSR count). The average molecular weight is 535 g/mol. The molecule has 0 spiro atoms. The number of carbonyl (C=O) groups excluding carboxylic acids is 2. The number of rotatable bonds is 9. The molecule has 8 nitrogen and oxygen atoms in total. The molecule has 0 amide bonds. The van der Waals surface area contributed by atoms with Gasteiger partial charge in [0.15, 0.2) is 26.0 Å². The molecule has 0 N–H and O–H groups in total. The second kappa shape index (κ2) is 10.5. The molecular weight excluding hydrogens is 512 g/mol. The lowest BCUT2D eigenvalue weighted by atomic mass is 10.0. The van der Waals surface area contributed by atoms with Crippen LogP contribution >= 0.6 is 0 Å². The predicted molar refractivity (Wildman–Crippen MR) is 137 cm³/mol. The summed E-state index contributed by atoms with van der Waals surface area (Å²) in [5, 5.41) is 0. The molecule has 0 aliphatic carbocycles. The summed E-state index contributed by atoms with van der Waals surface area (Å²) in [6.45, 7) is 1.71. The van der Waals surface area contributed by atoms with E-state index in [4.69, 9.17) is 0 Å². The summed E-state index contributed by atoms with van der Waals surface area (Å²) < 4.78 is 52.6. The first-order chi connectivity index (χ1) is 17.6. The van der Waals surface area contributed by atoms with Crippen molar-refractivity contribution in [2.24, 2.45) is 0 Å². The van der Waals surface area contributed by atoms with Crippen LogP contribution in [0, 0.1) is 6.92 Å². The smallest absolute Gasteiger partial charge is 0.213 e. The molecule has 4 aromatic rings. The number of ketones is 1. The fraction of sp³-hybridized carbons (Fsp3) is 0.111. The van der Waals surface area contributed by atoms with Crippen molar-refractivity contribution in [2.45, 2.75) is 28.2 Å². The van der Waals surface area contributed by atoms with E-state index in [0.717, 1.165) is 0 Å². The van der Waals surface area contributed by atoms with Crippen LogP contribution in [0.2, 0.25) is 0 Å². The molecule has 0 unspecified atom stereocenters. The molecule has 0 fully saturated rings. The van der Waals surface area contributed by atoms with Gasteiger partial charge in [-0.05, 0) is 36.8 Å². The van der Waals surface area contributed by atoms with Gasteiger partial charge in [-0.3, -0.25) is 9.59 Å². The Bertz CT molecular complexity index is 1690. The van der Waals surface area contributed by atoms with Crippen molar-refractivity contribution in [2.75, 3.05) is 0 Å². The summed E-state index contributed by atoms with van der Waals surface area (Å²) in [6, 6.07) is 21.8. The van der Waals surface area contributed by atoms with Gasteiger partial charge < -0.3 is 0 Å². The molecule has 188 valence electrons. The Morgan fingerprint density at radius 3 is 1.65 bits per heavy atom. The lowest BCUT2D eigenvalue weighted by Crippen LogP contribution is -2.19. The third kappa shape index (κ3) is 5.71. The number of nitrogens with zero attached hydrogens (tertiary/aromatic N) is 2. The summed E-state index contributed by atoms with van der Waals surface area (Å²) >= 11 is 0. The van der Waals surface area contributed by atoms with Crippen LogP contribution in [-0.4, -0.2) is 38.9 Å². The van der Waals surface area contributed by atoms with Gasteiger partial charge in [-0.1, -0.05) is 60.7 Å².